The Bertz CT molecular complexity index is 589. The van der Waals surface area contributed by atoms with Crippen molar-refractivity contribution >= 4 is 11.5 Å². The molecule has 1 N–H and O–H groups in total. The van der Waals surface area contributed by atoms with Gasteiger partial charge >= 0.3 is 5.69 Å². The molecule has 0 unspecified atom stereocenters. The number of nitrogens with zero attached hydrogens (tertiary/aromatic N) is 3. The van der Waals surface area contributed by atoms with Gasteiger partial charge in [-0.05, 0) is 12.1 Å². The molecule has 7 nitrogen and oxygen atoms in total. The number of methoxy groups -OCH3 is 1. The fourth-order valence-corrected chi connectivity index (χ4v) is 1.60. The Labute approximate surface area is 109 Å². The minimum Gasteiger partial charge on any atom is -0.481 e. The molecule has 98 valence electrons. The fraction of sp³-hybridized carbons (Fsp3) is 0.167. The number of hydrogen-bond acceptors (Lipinski definition) is 6. The van der Waals surface area contributed by atoms with Gasteiger partial charge in [0.2, 0.25) is 11.7 Å². The molecule has 0 radical (unpaired) electrons. The maximum absolute atomic E-state index is 10.8. The summed E-state index contributed by atoms with van der Waals surface area (Å²) in [6, 6.07) is 6.52. The van der Waals surface area contributed by atoms with E-state index >= 15 is 0 Å². The lowest BCUT2D eigenvalue weighted by atomic mass is 10.2. The van der Waals surface area contributed by atoms with Gasteiger partial charge in [0.15, 0.2) is 0 Å². The van der Waals surface area contributed by atoms with Gasteiger partial charge in [0.05, 0.1) is 12.0 Å². The van der Waals surface area contributed by atoms with E-state index in [1.165, 1.54) is 25.4 Å². The third kappa shape index (κ3) is 2.95. The molecule has 2 aromatic heterocycles. The van der Waals surface area contributed by atoms with Crippen LogP contribution < -0.4 is 10.1 Å². The van der Waals surface area contributed by atoms with Gasteiger partial charge in [-0.3, -0.25) is 10.1 Å². The first kappa shape index (κ1) is 12.7. The van der Waals surface area contributed by atoms with E-state index in [2.05, 4.69) is 15.3 Å². The summed E-state index contributed by atoms with van der Waals surface area (Å²) in [4.78, 5) is 18.4. The van der Waals surface area contributed by atoms with Gasteiger partial charge in [-0.25, -0.2) is 9.97 Å². The predicted molar refractivity (Wildman–Crippen MR) is 69.0 cm³/mol. The van der Waals surface area contributed by atoms with E-state index < -0.39 is 4.92 Å². The van der Waals surface area contributed by atoms with Gasteiger partial charge in [-0.1, -0.05) is 6.07 Å². The standard InChI is InChI=1S/C12H12N4O3/c1-19-12-9(4-2-7-14-12)8-15-11-10(16(17)18)5-3-6-13-11/h2-7H,8H2,1H3,(H,13,15). The molecule has 0 aliphatic carbocycles. The largest absolute Gasteiger partial charge is 0.481 e. The Kier molecular flexibility index (Phi) is 3.87. The molecule has 0 saturated heterocycles. The Hall–Kier alpha value is -2.70. The second kappa shape index (κ2) is 5.76. The van der Waals surface area contributed by atoms with Crippen molar-refractivity contribution in [2.45, 2.75) is 6.54 Å². The Morgan fingerprint density at radius 3 is 2.79 bits per heavy atom. The van der Waals surface area contributed by atoms with Gasteiger partial charge < -0.3 is 10.1 Å². The molecular weight excluding hydrogens is 248 g/mol. The lowest BCUT2D eigenvalue weighted by molar-refractivity contribution is -0.384. The van der Waals surface area contributed by atoms with E-state index in [4.69, 9.17) is 4.74 Å². The zero-order valence-electron chi connectivity index (χ0n) is 10.2. The van der Waals surface area contributed by atoms with Gasteiger partial charge in [0.1, 0.15) is 0 Å². The van der Waals surface area contributed by atoms with Gasteiger partial charge in [-0.15, -0.1) is 0 Å². The van der Waals surface area contributed by atoms with E-state index in [0.29, 0.717) is 12.4 Å². The topological polar surface area (TPSA) is 90.2 Å². The van der Waals surface area contributed by atoms with Crippen LogP contribution >= 0.6 is 0 Å². The zero-order valence-corrected chi connectivity index (χ0v) is 10.2. The first-order valence-corrected chi connectivity index (χ1v) is 5.53. The Balaban J connectivity index is 2.17. The van der Waals surface area contributed by atoms with Crippen LogP contribution in [-0.2, 0) is 6.54 Å². The van der Waals surface area contributed by atoms with Crippen molar-refractivity contribution in [3.8, 4) is 5.88 Å². The number of rotatable bonds is 5. The van der Waals surface area contributed by atoms with Crippen molar-refractivity contribution in [1.29, 1.82) is 0 Å². The van der Waals surface area contributed by atoms with Gasteiger partial charge in [-0.2, -0.15) is 0 Å². The normalized spacial score (nSPS) is 9.95. The predicted octanol–water partition coefficient (Wildman–Crippen LogP) is 2.01. The highest BCUT2D eigenvalue weighted by Crippen LogP contribution is 2.22. The molecule has 2 aromatic rings. The molecule has 7 heteroatoms. The SMILES string of the molecule is COc1ncccc1CNc1ncccc1[N+](=O)[O-]. The molecule has 0 aliphatic heterocycles. The van der Waals surface area contributed by atoms with Crippen LogP contribution in [0.15, 0.2) is 36.7 Å². The molecule has 0 spiro atoms. The highest BCUT2D eigenvalue weighted by molar-refractivity contribution is 5.55. The summed E-state index contributed by atoms with van der Waals surface area (Å²) in [5, 5.41) is 13.8. The smallest absolute Gasteiger partial charge is 0.311 e. The number of pyridine rings is 2. The molecule has 0 fully saturated rings. The van der Waals surface area contributed by atoms with Crippen LogP contribution in [0.2, 0.25) is 0 Å². The second-order valence-corrected chi connectivity index (χ2v) is 3.65. The molecular formula is C12H12N4O3. The van der Waals surface area contributed by atoms with Crippen molar-refractivity contribution in [2.75, 3.05) is 12.4 Å². The lowest BCUT2D eigenvalue weighted by Crippen LogP contribution is -2.06. The highest BCUT2D eigenvalue weighted by Gasteiger charge is 2.14. The zero-order chi connectivity index (χ0) is 13.7. The first-order chi connectivity index (χ1) is 9.22. The van der Waals surface area contributed by atoms with Gasteiger partial charge in [0, 0.05) is 30.6 Å². The third-order valence-electron chi connectivity index (χ3n) is 2.47. The third-order valence-corrected chi connectivity index (χ3v) is 2.47. The number of hydrogen-bond donors (Lipinski definition) is 1. The Morgan fingerprint density at radius 2 is 2.05 bits per heavy atom. The summed E-state index contributed by atoms with van der Waals surface area (Å²) in [6.07, 6.45) is 3.11. The minimum atomic E-state index is -0.476. The maximum Gasteiger partial charge on any atom is 0.311 e. The van der Waals surface area contributed by atoms with E-state index in [-0.39, 0.29) is 11.5 Å². The summed E-state index contributed by atoms with van der Waals surface area (Å²) < 4.78 is 5.11. The maximum atomic E-state index is 10.8. The number of nitrogens with one attached hydrogen (secondary N) is 1. The molecule has 2 rings (SSSR count). The summed E-state index contributed by atoms with van der Waals surface area (Å²) in [7, 11) is 1.52. The molecule has 0 saturated carbocycles. The van der Waals surface area contributed by atoms with Crippen LogP contribution in [0.4, 0.5) is 11.5 Å². The van der Waals surface area contributed by atoms with Crippen molar-refractivity contribution < 1.29 is 9.66 Å². The monoisotopic (exact) mass is 260 g/mol. The highest BCUT2D eigenvalue weighted by atomic mass is 16.6. The van der Waals surface area contributed by atoms with Crippen LogP contribution in [0.1, 0.15) is 5.56 Å². The van der Waals surface area contributed by atoms with Crippen LogP contribution in [0.5, 0.6) is 5.88 Å². The van der Waals surface area contributed by atoms with Crippen molar-refractivity contribution in [2.24, 2.45) is 0 Å². The molecule has 19 heavy (non-hydrogen) atoms. The van der Waals surface area contributed by atoms with Crippen LogP contribution in [0.3, 0.4) is 0 Å². The number of aromatic nitrogens is 2. The van der Waals surface area contributed by atoms with Crippen LogP contribution in [-0.4, -0.2) is 22.0 Å². The summed E-state index contributed by atoms with van der Waals surface area (Å²) in [5.74, 6) is 0.701. The summed E-state index contributed by atoms with van der Waals surface area (Å²) >= 11 is 0. The van der Waals surface area contributed by atoms with Crippen molar-refractivity contribution in [3.05, 3.63) is 52.3 Å². The minimum absolute atomic E-state index is 0.0645. The second-order valence-electron chi connectivity index (χ2n) is 3.65. The van der Waals surface area contributed by atoms with Crippen LogP contribution in [0.25, 0.3) is 0 Å². The lowest BCUT2D eigenvalue weighted by Gasteiger charge is -2.08. The average Bonchev–Trinajstić information content (AvgIpc) is 2.45. The molecule has 0 amide bonds. The molecule has 2 heterocycles. The number of anilines is 1. The van der Waals surface area contributed by atoms with Gasteiger partial charge in [0.25, 0.3) is 0 Å². The molecule has 0 bridgehead atoms. The number of ether oxygens (including phenoxy) is 1. The van der Waals surface area contributed by atoms with E-state index in [9.17, 15) is 10.1 Å². The molecule has 0 aromatic carbocycles. The van der Waals surface area contributed by atoms with E-state index in [1.807, 2.05) is 6.07 Å². The summed E-state index contributed by atoms with van der Waals surface area (Å²) in [6.45, 7) is 0.342. The van der Waals surface area contributed by atoms with Crippen molar-refractivity contribution in [3.63, 3.8) is 0 Å². The quantitative estimate of drug-likeness (QED) is 0.653. The number of nitro groups is 1. The first-order valence-electron chi connectivity index (χ1n) is 5.53. The van der Waals surface area contributed by atoms with Crippen molar-refractivity contribution in [1.82, 2.24) is 9.97 Å². The van der Waals surface area contributed by atoms with Crippen LogP contribution in [0, 0.1) is 10.1 Å². The van der Waals surface area contributed by atoms with E-state index in [0.717, 1.165) is 5.56 Å². The average molecular weight is 260 g/mol. The molecule has 0 aliphatic rings. The Morgan fingerprint density at radius 1 is 1.32 bits per heavy atom. The van der Waals surface area contributed by atoms with E-state index in [1.54, 1.807) is 12.3 Å². The molecule has 0 atom stereocenters. The fourth-order valence-electron chi connectivity index (χ4n) is 1.60. The summed E-state index contributed by atoms with van der Waals surface area (Å²) in [5.41, 5.74) is 0.732.